The molecule has 6 nitrogen and oxygen atoms in total. The van der Waals surface area contributed by atoms with Gasteiger partial charge in [-0.25, -0.2) is 8.42 Å². The fourth-order valence-corrected chi connectivity index (χ4v) is 2.26. The SMILES string of the molecule is CCCCOCCNC(=NC)NC(C)CCS(C)(=O)=O.I. The van der Waals surface area contributed by atoms with Crippen LogP contribution in [-0.4, -0.2) is 59.2 Å². The first-order chi connectivity index (χ1) is 9.39. The van der Waals surface area contributed by atoms with E-state index in [1.807, 2.05) is 6.92 Å². The maximum absolute atomic E-state index is 11.1. The fourth-order valence-electron chi connectivity index (χ4n) is 1.48. The summed E-state index contributed by atoms with van der Waals surface area (Å²) in [6, 6.07) is 0.0527. The van der Waals surface area contributed by atoms with Gasteiger partial charge in [0.15, 0.2) is 5.96 Å². The van der Waals surface area contributed by atoms with E-state index in [2.05, 4.69) is 22.5 Å². The highest BCUT2D eigenvalue weighted by molar-refractivity contribution is 14.0. The highest BCUT2D eigenvalue weighted by Crippen LogP contribution is 1.95. The minimum absolute atomic E-state index is 0. The molecule has 0 radical (unpaired) electrons. The third-order valence-corrected chi connectivity index (χ3v) is 3.69. The largest absolute Gasteiger partial charge is 0.380 e. The summed E-state index contributed by atoms with van der Waals surface area (Å²) in [6.45, 7) is 6.18. The number of nitrogens with one attached hydrogen (secondary N) is 2. The molecule has 2 N–H and O–H groups in total. The van der Waals surface area contributed by atoms with Crippen molar-refractivity contribution < 1.29 is 13.2 Å². The van der Waals surface area contributed by atoms with Gasteiger partial charge in [0.2, 0.25) is 0 Å². The van der Waals surface area contributed by atoms with Crippen LogP contribution in [0.5, 0.6) is 0 Å². The van der Waals surface area contributed by atoms with E-state index in [-0.39, 0.29) is 35.8 Å². The van der Waals surface area contributed by atoms with Gasteiger partial charge in [-0.05, 0) is 19.8 Å². The van der Waals surface area contributed by atoms with Crippen LogP contribution in [0.2, 0.25) is 0 Å². The van der Waals surface area contributed by atoms with Gasteiger partial charge < -0.3 is 15.4 Å². The molecule has 1 unspecified atom stereocenters. The summed E-state index contributed by atoms with van der Waals surface area (Å²) in [5.41, 5.74) is 0. The number of nitrogens with zero attached hydrogens (tertiary/aromatic N) is 1. The number of sulfone groups is 1. The Balaban J connectivity index is 0. The molecule has 0 aliphatic heterocycles. The number of rotatable bonds is 10. The van der Waals surface area contributed by atoms with Gasteiger partial charge in [0.1, 0.15) is 9.84 Å². The second kappa shape index (κ2) is 13.6. The monoisotopic (exact) mass is 435 g/mol. The molecule has 0 aliphatic rings. The third-order valence-electron chi connectivity index (χ3n) is 2.71. The topological polar surface area (TPSA) is 79.8 Å². The predicted molar refractivity (Wildman–Crippen MR) is 99.4 cm³/mol. The number of unbranched alkanes of at least 4 members (excludes halogenated alkanes) is 1. The van der Waals surface area contributed by atoms with E-state index in [9.17, 15) is 8.42 Å². The van der Waals surface area contributed by atoms with Gasteiger partial charge in [0.25, 0.3) is 0 Å². The van der Waals surface area contributed by atoms with Crippen molar-refractivity contribution in [1.29, 1.82) is 0 Å². The first kappa shape index (κ1) is 23.2. The van der Waals surface area contributed by atoms with E-state index >= 15 is 0 Å². The van der Waals surface area contributed by atoms with Crippen LogP contribution in [0.15, 0.2) is 4.99 Å². The van der Waals surface area contributed by atoms with E-state index in [0.29, 0.717) is 25.5 Å². The molecule has 0 heterocycles. The van der Waals surface area contributed by atoms with Crippen molar-refractivity contribution in [3.8, 4) is 0 Å². The van der Waals surface area contributed by atoms with Gasteiger partial charge in [0.05, 0.1) is 12.4 Å². The van der Waals surface area contributed by atoms with Crippen molar-refractivity contribution >= 4 is 39.8 Å². The molecule has 0 fully saturated rings. The summed E-state index contributed by atoms with van der Waals surface area (Å²) < 4.78 is 27.6. The van der Waals surface area contributed by atoms with Crippen molar-refractivity contribution in [3.05, 3.63) is 0 Å². The molecular weight excluding hydrogens is 405 g/mol. The van der Waals surface area contributed by atoms with Crippen LogP contribution in [0.25, 0.3) is 0 Å². The van der Waals surface area contributed by atoms with Crippen molar-refractivity contribution in [3.63, 3.8) is 0 Å². The quantitative estimate of drug-likeness (QED) is 0.235. The standard InChI is InChI=1S/C13H29N3O3S.HI/c1-5-6-9-19-10-8-15-13(14-3)16-12(2)7-11-20(4,17)18;/h12H,5-11H2,1-4H3,(H2,14,15,16);1H. The van der Waals surface area contributed by atoms with E-state index in [0.717, 1.165) is 19.4 Å². The summed E-state index contributed by atoms with van der Waals surface area (Å²) in [5, 5.41) is 6.30. The van der Waals surface area contributed by atoms with Gasteiger partial charge in [-0.1, -0.05) is 13.3 Å². The van der Waals surface area contributed by atoms with Gasteiger partial charge in [-0.15, -0.1) is 24.0 Å². The lowest BCUT2D eigenvalue weighted by molar-refractivity contribution is 0.136. The smallest absolute Gasteiger partial charge is 0.191 e. The molecule has 128 valence electrons. The molecule has 0 rings (SSSR count). The Morgan fingerprint density at radius 3 is 2.52 bits per heavy atom. The summed E-state index contributed by atoms with van der Waals surface area (Å²) >= 11 is 0. The molecule has 0 amide bonds. The molecule has 0 saturated carbocycles. The van der Waals surface area contributed by atoms with Crippen molar-refractivity contribution in [1.82, 2.24) is 10.6 Å². The number of hydrogen-bond donors (Lipinski definition) is 2. The second-order valence-electron chi connectivity index (χ2n) is 4.93. The molecule has 1 atom stereocenters. The van der Waals surface area contributed by atoms with Crippen LogP contribution >= 0.6 is 24.0 Å². The fraction of sp³-hybridized carbons (Fsp3) is 0.923. The van der Waals surface area contributed by atoms with Gasteiger partial charge in [-0.3, -0.25) is 4.99 Å². The van der Waals surface area contributed by atoms with Crippen LogP contribution in [0.3, 0.4) is 0 Å². The average Bonchev–Trinajstić information content (AvgIpc) is 2.38. The second-order valence-corrected chi connectivity index (χ2v) is 7.19. The zero-order chi connectivity index (χ0) is 15.4. The van der Waals surface area contributed by atoms with Crippen LogP contribution in [-0.2, 0) is 14.6 Å². The summed E-state index contributed by atoms with van der Waals surface area (Å²) in [6.07, 6.45) is 4.02. The number of aliphatic imine (C=N–C) groups is 1. The molecule has 0 spiro atoms. The van der Waals surface area contributed by atoms with Crippen LogP contribution < -0.4 is 10.6 Å². The molecular formula is C13H30IN3O3S. The molecule has 0 aromatic heterocycles. The van der Waals surface area contributed by atoms with Crippen molar-refractivity contribution in [2.24, 2.45) is 4.99 Å². The lowest BCUT2D eigenvalue weighted by Gasteiger charge is -2.17. The van der Waals surface area contributed by atoms with E-state index < -0.39 is 9.84 Å². The molecule has 0 aromatic carbocycles. The molecule has 21 heavy (non-hydrogen) atoms. The summed E-state index contributed by atoms with van der Waals surface area (Å²) in [7, 11) is -1.22. The van der Waals surface area contributed by atoms with E-state index in [4.69, 9.17) is 4.74 Å². The van der Waals surface area contributed by atoms with Crippen LogP contribution in [0.1, 0.15) is 33.1 Å². The number of ether oxygens (including phenoxy) is 1. The summed E-state index contributed by atoms with van der Waals surface area (Å²) in [4.78, 5) is 4.10. The Morgan fingerprint density at radius 2 is 2.00 bits per heavy atom. The first-order valence-electron chi connectivity index (χ1n) is 7.11. The molecule has 0 aromatic rings. The Bertz CT molecular complexity index is 375. The molecule has 8 heteroatoms. The Morgan fingerprint density at radius 1 is 1.33 bits per heavy atom. The Kier molecular flexibility index (Phi) is 15.0. The van der Waals surface area contributed by atoms with Crippen molar-refractivity contribution in [2.75, 3.05) is 38.8 Å². The minimum Gasteiger partial charge on any atom is -0.380 e. The molecule has 0 saturated heterocycles. The molecule has 0 bridgehead atoms. The number of guanidine groups is 1. The van der Waals surface area contributed by atoms with E-state index in [1.165, 1.54) is 6.26 Å². The van der Waals surface area contributed by atoms with Crippen LogP contribution in [0, 0.1) is 0 Å². The zero-order valence-electron chi connectivity index (χ0n) is 13.5. The third kappa shape index (κ3) is 16.1. The van der Waals surface area contributed by atoms with Gasteiger partial charge in [0, 0.05) is 32.5 Å². The normalized spacial score (nSPS) is 13.4. The maximum atomic E-state index is 11.1. The number of halogens is 1. The highest BCUT2D eigenvalue weighted by atomic mass is 127. The first-order valence-corrected chi connectivity index (χ1v) is 9.17. The predicted octanol–water partition coefficient (Wildman–Crippen LogP) is 1.41. The highest BCUT2D eigenvalue weighted by Gasteiger charge is 2.09. The van der Waals surface area contributed by atoms with Gasteiger partial charge in [-0.2, -0.15) is 0 Å². The maximum Gasteiger partial charge on any atom is 0.191 e. The zero-order valence-corrected chi connectivity index (χ0v) is 16.7. The lowest BCUT2D eigenvalue weighted by atomic mass is 10.3. The summed E-state index contributed by atoms with van der Waals surface area (Å²) in [5.74, 6) is 0.850. The van der Waals surface area contributed by atoms with Crippen LogP contribution in [0.4, 0.5) is 0 Å². The average molecular weight is 435 g/mol. The lowest BCUT2D eigenvalue weighted by Crippen LogP contribution is -2.43. The van der Waals surface area contributed by atoms with Crippen molar-refractivity contribution in [2.45, 2.75) is 39.2 Å². The van der Waals surface area contributed by atoms with Gasteiger partial charge >= 0.3 is 0 Å². The number of hydrogen-bond acceptors (Lipinski definition) is 4. The minimum atomic E-state index is -2.91. The molecule has 0 aliphatic carbocycles. The van der Waals surface area contributed by atoms with E-state index in [1.54, 1.807) is 7.05 Å². The Labute approximate surface area is 146 Å². The Hall–Kier alpha value is -0.0900.